The van der Waals surface area contributed by atoms with Crippen molar-refractivity contribution in [3.63, 3.8) is 0 Å². The maximum atomic E-state index is 10.6. The lowest BCUT2D eigenvalue weighted by molar-refractivity contribution is -0.156. The van der Waals surface area contributed by atoms with E-state index in [0.717, 1.165) is 18.7 Å². The van der Waals surface area contributed by atoms with Gasteiger partial charge in [0.15, 0.2) is 0 Å². The van der Waals surface area contributed by atoms with Gasteiger partial charge in [-0.1, -0.05) is 12.1 Å². The van der Waals surface area contributed by atoms with Crippen LogP contribution in [0.2, 0.25) is 0 Å². The van der Waals surface area contributed by atoms with Gasteiger partial charge in [0.05, 0.1) is 11.9 Å². The number of hydrogen-bond donors (Lipinski definition) is 1. The minimum atomic E-state index is -0.715. The normalized spacial score (nSPS) is 20.8. The SMILES string of the molecule is CCCn1nncc1C(O)C1(OC)CCOCC1. The first-order chi connectivity index (χ1) is 8.73. The molecule has 1 N–H and O–H groups in total. The second-order valence-electron chi connectivity index (χ2n) is 4.67. The molecule has 18 heavy (non-hydrogen) atoms. The number of nitrogens with zero attached hydrogens (tertiary/aromatic N) is 3. The fourth-order valence-electron chi connectivity index (χ4n) is 2.44. The van der Waals surface area contributed by atoms with Gasteiger partial charge in [0.2, 0.25) is 0 Å². The summed E-state index contributed by atoms with van der Waals surface area (Å²) in [5.74, 6) is 0. The molecule has 0 radical (unpaired) electrons. The molecule has 0 spiro atoms. The van der Waals surface area contributed by atoms with E-state index in [0.29, 0.717) is 26.1 Å². The molecule has 1 saturated heterocycles. The van der Waals surface area contributed by atoms with Crippen molar-refractivity contribution in [3.8, 4) is 0 Å². The first kappa shape index (κ1) is 13.5. The molecule has 6 heteroatoms. The lowest BCUT2D eigenvalue weighted by atomic mass is 9.86. The summed E-state index contributed by atoms with van der Waals surface area (Å²) in [4.78, 5) is 0. The summed E-state index contributed by atoms with van der Waals surface area (Å²) in [5.41, 5.74) is 0.145. The standard InChI is InChI=1S/C12H21N3O3/c1-3-6-15-10(9-13-14-15)11(16)12(17-2)4-7-18-8-5-12/h9,11,16H,3-8H2,1-2H3. The minimum Gasteiger partial charge on any atom is -0.384 e. The van der Waals surface area contributed by atoms with Crippen LogP contribution < -0.4 is 0 Å². The van der Waals surface area contributed by atoms with Gasteiger partial charge in [0.25, 0.3) is 0 Å². The molecular formula is C12H21N3O3. The lowest BCUT2D eigenvalue weighted by Gasteiger charge is -2.39. The molecule has 1 fully saturated rings. The van der Waals surface area contributed by atoms with E-state index >= 15 is 0 Å². The summed E-state index contributed by atoms with van der Waals surface area (Å²) >= 11 is 0. The van der Waals surface area contributed by atoms with Crippen LogP contribution in [0.25, 0.3) is 0 Å². The highest BCUT2D eigenvalue weighted by molar-refractivity contribution is 5.08. The Bertz CT molecular complexity index is 374. The van der Waals surface area contributed by atoms with E-state index in [-0.39, 0.29) is 0 Å². The van der Waals surface area contributed by atoms with Crippen LogP contribution in [0.4, 0.5) is 0 Å². The van der Waals surface area contributed by atoms with Gasteiger partial charge in [-0.05, 0) is 6.42 Å². The molecule has 1 aromatic rings. The number of rotatable bonds is 5. The second kappa shape index (κ2) is 5.77. The Labute approximate surface area is 107 Å². The average Bonchev–Trinajstić information content (AvgIpc) is 2.87. The number of aromatic nitrogens is 3. The van der Waals surface area contributed by atoms with E-state index in [2.05, 4.69) is 17.2 Å². The fourth-order valence-corrected chi connectivity index (χ4v) is 2.44. The minimum absolute atomic E-state index is 0.578. The number of hydrogen-bond acceptors (Lipinski definition) is 5. The van der Waals surface area contributed by atoms with Crippen LogP contribution in [-0.4, -0.2) is 46.0 Å². The van der Waals surface area contributed by atoms with Crippen LogP contribution in [0.15, 0.2) is 6.20 Å². The summed E-state index contributed by atoms with van der Waals surface area (Å²) < 4.78 is 12.7. The third-order valence-corrected chi connectivity index (χ3v) is 3.61. The molecule has 2 heterocycles. The van der Waals surface area contributed by atoms with Gasteiger partial charge in [-0.25, -0.2) is 4.68 Å². The zero-order valence-electron chi connectivity index (χ0n) is 11.0. The molecule has 1 unspecified atom stereocenters. The van der Waals surface area contributed by atoms with Gasteiger partial charge >= 0.3 is 0 Å². The van der Waals surface area contributed by atoms with E-state index in [1.54, 1.807) is 18.0 Å². The van der Waals surface area contributed by atoms with Crippen molar-refractivity contribution >= 4 is 0 Å². The maximum absolute atomic E-state index is 10.6. The molecule has 6 nitrogen and oxygen atoms in total. The first-order valence-corrected chi connectivity index (χ1v) is 6.43. The Balaban J connectivity index is 2.22. The fraction of sp³-hybridized carbons (Fsp3) is 0.833. The average molecular weight is 255 g/mol. The number of aliphatic hydroxyl groups excluding tert-OH is 1. The predicted octanol–water partition coefficient (Wildman–Crippen LogP) is 0.917. The zero-order valence-corrected chi connectivity index (χ0v) is 11.0. The van der Waals surface area contributed by atoms with Crippen molar-refractivity contribution in [2.45, 2.75) is 44.4 Å². The van der Waals surface area contributed by atoms with Crippen LogP contribution in [0.3, 0.4) is 0 Å². The van der Waals surface area contributed by atoms with E-state index < -0.39 is 11.7 Å². The van der Waals surface area contributed by atoms with E-state index in [1.165, 1.54) is 0 Å². The molecule has 1 atom stereocenters. The molecule has 1 aliphatic rings. The molecule has 1 aromatic heterocycles. The van der Waals surface area contributed by atoms with Crippen LogP contribution in [0.1, 0.15) is 38.0 Å². The Kier molecular flexibility index (Phi) is 4.31. The highest BCUT2D eigenvalue weighted by Crippen LogP contribution is 2.36. The lowest BCUT2D eigenvalue weighted by Crippen LogP contribution is -2.44. The zero-order chi connectivity index (χ0) is 13.0. The van der Waals surface area contributed by atoms with Crippen LogP contribution in [0, 0.1) is 0 Å². The van der Waals surface area contributed by atoms with Crippen LogP contribution in [-0.2, 0) is 16.0 Å². The first-order valence-electron chi connectivity index (χ1n) is 6.43. The number of aliphatic hydroxyl groups is 1. The summed E-state index contributed by atoms with van der Waals surface area (Å²) in [5, 5.41) is 18.5. The van der Waals surface area contributed by atoms with Gasteiger partial charge in [-0.2, -0.15) is 0 Å². The molecule has 0 aromatic carbocycles. The number of aryl methyl sites for hydroxylation is 1. The van der Waals surface area contributed by atoms with Crippen molar-refractivity contribution in [3.05, 3.63) is 11.9 Å². The summed E-state index contributed by atoms with van der Waals surface area (Å²) in [6.45, 7) is 4.04. The van der Waals surface area contributed by atoms with Gasteiger partial charge < -0.3 is 14.6 Å². The van der Waals surface area contributed by atoms with Crippen molar-refractivity contribution < 1.29 is 14.6 Å². The predicted molar refractivity (Wildman–Crippen MR) is 65.1 cm³/mol. The summed E-state index contributed by atoms with van der Waals surface area (Å²) in [6.07, 6.45) is 3.22. The van der Waals surface area contributed by atoms with Crippen molar-refractivity contribution in [2.75, 3.05) is 20.3 Å². The highest BCUT2D eigenvalue weighted by atomic mass is 16.5. The van der Waals surface area contributed by atoms with E-state index in [4.69, 9.17) is 9.47 Å². The van der Waals surface area contributed by atoms with Gasteiger partial charge in [-0.3, -0.25) is 0 Å². The maximum Gasteiger partial charge on any atom is 0.126 e. The monoisotopic (exact) mass is 255 g/mol. The molecular weight excluding hydrogens is 234 g/mol. The number of methoxy groups -OCH3 is 1. The molecule has 102 valence electrons. The molecule has 0 bridgehead atoms. The number of ether oxygens (including phenoxy) is 2. The molecule has 1 aliphatic heterocycles. The largest absolute Gasteiger partial charge is 0.384 e. The smallest absolute Gasteiger partial charge is 0.126 e. The van der Waals surface area contributed by atoms with E-state index in [1.807, 2.05) is 0 Å². The van der Waals surface area contributed by atoms with Gasteiger partial charge in [0, 0.05) is 39.7 Å². The second-order valence-corrected chi connectivity index (χ2v) is 4.67. The third-order valence-electron chi connectivity index (χ3n) is 3.61. The van der Waals surface area contributed by atoms with Gasteiger partial charge in [0.1, 0.15) is 11.7 Å². The molecule has 2 rings (SSSR count). The quantitative estimate of drug-likeness (QED) is 0.847. The Morgan fingerprint density at radius 3 is 2.89 bits per heavy atom. The highest BCUT2D eigenvalue weighted by Gasteiger charge is 2.42. The molecule has 0 saturated carbocycles. The van der Waals surface area contributed by atoms with Crippen molar-refractivity contribution in [1.82, 2.24) is 15.0 Å². The van der Waals surface area contributed by atoms with Crippen molar-refractivity contribution in [1.29, 1.82) is 0 Å². The Hall–Kier alpha value is -0.980. The van der Waals surface area contributed by atoms with E-state index in [9.17, 15) is 5.11 Å². The van der Waals surface area contributed by atoms with Crippen LogP contribution in [0.5, 0.6) is 0 Å². The van der Waals surface area contributed by atoms with Gasteiger partial charge in [-0.15, -0.1) is 5.10 Å². The molecule has 0 aliphatic carbocycles. The summed E-state index contributed by atoms with van der Waals surface area (Å²) in [7, 11) is 1.64. The van der Waals surface area contributed by atoms with Crippen molar-refractivity contribution in [2.24, 2.45) is 0 Å². The van der Waals surface area contributed by atoms with Crippen LogP contribution >= 0.6 is 0 Å². The third kappa shape index (κ3) is 2.41. The summed E-state index contributed by atoms with van der Waals surface area (Å²) in [6, 6.07) is 0. The molecule has 0 amide bonds. The topological polar surface area (TPSA) is 69.4 Å². The Morgan fingerprint density at radius 2 is 2.28 bits per heavy atom. The Morgan fingerprint density at radius 1 is 1.56 bits per heavy atom.